The van der Waals surface area contributed by atoms with Crippen LogP contribution in [0.1, 0.15) is 35.0 Å². The van der Waals surface area contributed by atoms with E-state index in [1.165, 1.54) is 0 Å². The molecule has 1 aliphatic heterocycles. The Balaban J connectivity index is 1.59. The second-order valence-corrected chi connectivity index (χ2v) is 6.34. The number of furan rings is 1. The minimum Gasteiger partial charge on any atom is -0.451 e. The minimum absolute atomic E-state index is 0.0988. The Hall–Kier alpha value is -2.66. The number of hydrogen-bond acceptors (Lipinski definition) is 4. The zero-order chi connectivity index (χ0) is 17.1. The highest BCUT2D eigenvalue weighted by Gasteiger charge is 2.28. The second-order valence-electron chi connectivity index (χ2n) is 6.34. The summed E-state index contributed by atoms with van der Waals surface area (Å²) in [6.45, 7) is 1.45. The summed E-state index contributed by atoms with van der Waals surface area (Å²) in [4.78, 5) is 17.0. The Morgan fingerprint density at radius 2 is 2.00 bits per heavy atom. The van der Waals surface area contributed by atoms with Crippen molar-refractivity contribution in [3.05, 3.63) is 66.2 Å². The van der Waals surface area contributed by atoms with Gasteiger partial charge in [-0.1, -0.05) is 24.3 Å². The Morgan fingerprint density at radius 1 is 1.16 bits per heavy atom. The number of ether oxygens (including phenoxy) is 1. The van der Waals surface area contributed by atoms with Crippen LogP contribution in [0.2, 0.25) is 0 Å². The molecule has 0 saturated carbocycles. The van der Waals surface area contributed by atoms with Gasteiger partial charge in [-0.3, -0.25) is 9.78 Å². The van der Waals surface area contributed by atoms with Crippen molar-refractivity contribution in [2.45, 2.75) is 18.9 Å². The third-order valence-electron chi connectivity index (χ3n) is 4.72. The van der Waals surface area contributed by atoms with E-state index in [-0.39, 0.29) is 11.9 Å². The summed E-state index contributed by atoms with van der Waals surface area (Å²) in [6.07, 6.45) is 5.39. The highest BCUT2D eigenvalue weighted by atomic mass is 16.5. The minimum atomic E-state index is -0.198. The topological polar surface area (TPSA) is 64.4 Å². The standard InChI is InChI=1S/C20H20N2O3/c23-20(18-12-15-4-1-2-6-17(15)25-18)22-19(14-7-10-24-11-8-14)16-5-3-9-21-13-16/h1-6,9,12-14,19H,7-8,10-11H2,(H,22,23)/t19-/m0/s1. The molecule has 0 spiro atoms. The molecule has 1 aliphatic rings. The molecule has 1 N–H and O–H groups in total. The number of para-hydroxylation sites is 1. The molecule has 4 rings (SSSR count). The molecule has 1 saturated heterocycles. The van der Waals surface area contributed by atoms with E-state index in [9.17, 15) is 4.79 Å². The molecule has 5 heteroatoms. The predicted molar refractivity (Wildman–Crippen MR) is 94.2 cm³/mol. The van der Waals surface area contributed by atoms with Crippen molar-refractivity contribution in [2.75, 3.05) is 13.2 Å². The van der Waals surface area contributed by atoms with Gasteiger partial charge in [0.2, 0.25) is 0 Å². The van der Waals surface area contributed by atoms with E-state index in [0.717, 1.165) is 42.6 Å². The molecular weight excluding hydrogens is 316 g/mol. The Labute approximate surface area is 146 Å². The molecule has 0 bridgehead atoms. The van der Waals surface area contributed by atoms with Crippen LogP contribution in [0.3, 0.4) is 0 Å². The first-order chi connectivity index (χ1) is 12.3. The second kappa shape index (κ2) is 7.07. The number of benzene rings is 1. The van der Waals surface area contributed by atoms with Crippen LogP contribution in [-0.4, -0.2) is 24.1 Å². The van der Waals surface area contributed by atoms with Crippen molar-refractivity contribution in [3.8, 4) is 0 Å². The van der Waals surface area contributed by atoms with Crippen molar-refractivity contribution in [2.24, 2.45) is 5.92 Å². The van der Waals surface area contributed by atoms with Gasteiger partial charge < -0.3 is 14.5 Å². The lowest BCUT2D eigenvalue weighted by Crippen LogP contribution is -2.36. The van der Waals surface area contributed by atoms with E-state index in [1.54, 1.807) is 12.3 Å². The maximum absolute atomic E-state index is 12.8. The highest BCUT2D eigenvalue weighted by Crippen LogP contribution is 2.30. The first kappa shape index (κ1) is 15.8. The number of aromatic nitrogens is 1. The zero-order valence-electron chi connectivity index (χ0n) is 13.9. The molecule has 3 heterocycles. The van der Waals surface area contributed by atoms with Gasteiger partial charge in [-0.25, -0.2) is 0 Å². The number of rotatable bonds is 4. The van der Waals surface area contributed by atoms with Crippen LogP contribution >= 0.6 is 0 Å². The summed E-state index contributed by atoms with van der Waals surface area (Å²) in [6, 6.07) is 13.2. The van der Waals surface area contributed by atoms with Crippen LogP contribution in [0.15, 0.2) is 59.3 Å². The van der Waals surface area contributed by atoms with Gasteiger partial charge in [-0.15, -0.1) is 0 Å². The summed E-state index contributed by atoms with van der Waals surface area (Å²) < 4.78 is 11.2. The fraction of sp³-hybridized carbons (Fsp3) is 0.300. The molecule has 1 atom stereocenters. The summed E-state index contributed by atoms with van der Waals surface area (Å²) in [7, 11) is 0. The maximum Gasteiger partial charge on any atom is 0.287 e. The molecule has 0 unspecified atom stereocenters. The molecule has 128 valence electrons. The molecule has 1 amide bonds. The monoisotopic (exact) mass is 336 g/mol. The number of pyridine rings is 1. The van der Waals surface area contributed by atoms with Gasteiger partial charge in [-0.2, -0.15) is 0 Å². The van der Waals surface area contributed by atoms with Crippen molar-refractivity contribution >= 4 is 16.9 Å². The van der Waals surface area contributed by atoms with Crippen LogP contribution in [-0.2, 0) is 4.74 Å². The third kappa shape index (κ3) is 3.42. The van der Waals surface area contributed by atoms with Crippen LogP contribution in [0.5, 0.6) is 0 Å². The molecule has 25 heavy (non-hydrogen) atoms. The molecule has 1 fully saturated rings. The summed E-state index contributed by atoms with van der Waals surface area (Å²) >= 11 is 0. The number of fused-ring (bicyclic) bond motifs is 1. The fourth-order valence-corrected chi connectivity index (χ4v) is 3.39. The van der Waals surface area contributed by atoms with Crippen molar-refractivity contribution < 1.29 is 13.9 Å². The Morgan fingerprint density at radius 3 is 2.76 bits per heavy atom. The van der Waals surface area contributed by atoms with Gasteiger partial charge in [0.1, 0.15) is 5.58 Å². The number of hydrogen-bond donors (Lipinski definition) is 1. The zero-order valence-corrected chi connectivity index (χ0v) is 13.9. The molecule has 1 aromatic carbocycles. The van der Waals surface area contributed by atoms with Gasteiger partial charge in [0.15, 0.2) is 5.76 Å². The lowest BCUT2D eigenvalue weighted by Gasteiger charge is -2.30. The number of amides is 1. The SMILES string of the molecule is O=C(N[C@H](c1cccnc1)C1CCOCC1)c1cc2ccccc2o1. The Kier molecular flexibility index (Phi) is 4.48. The van der Waals surface area contributed by atoms with E-state index < -0.39 is 0 Å². The van der Waals surface area contributed by atoms with Crippen LogP contribution in [0.25, 0.3) is 11.0 Å². The molecular formula is C20H20N2O3. The summed E-state index contributed by atoms with van der Waals surface area (Å²) in [5.74, 6) is 0.463. The van der Waals surface area contributed by atoms with Crippen molar-refractivity contribution in [3.63, 3.8) is 0 Å². The Bertz CT molecular complexity index is 821. The predicted octanol–water partition coefficient (Wildman–Crippen LogP) is 3.73. The average Bonchev–Trinajstić information content (AvgIpc) is 3.12. The smallest absolute Gasteiger partial charge is 0.287 e. The number of carbonyl (C=O) groups is 1. The normalized spacial score (nSPS) is 16.6. The van der Waals surface area contributed by atoms with Crippen LogP contribution in [0.4, 0.5) is 0 Å². The molecule has 2 aromatic heterocycles. The fourth-order valence-electron chi connectivity index (χ4n) is 3.39. The summed E-state index contributed by atoms with van der Waals surface area (Å²) in [5.41, 5.74) is 1.73. The quantitative estimate of drug-likeness (QED) is 0.788. The van der Waals surface area contributed by atoms with E-state index >= 15 is 0 Å². The lowest BCUT2D eigenvalue weighted by molar-refractivity contribution is 0.0509. The maximum atomic E-state index is 12.8. The first-order valence-corrected chi connectivity index (χ1v) is 8.58. The van der Waals surface area contributed by atoms with E-state index in [0.29, 0.717) is 11.7 Å². The van der Waals surface area contributed by atoms with Crippen LogP contribution in [0, 0.1) is 5.92 Å². The third-order valence-corrected chi connectivity index (χ3v) is 4.72. The van der Waals surface area contributed by atoms with Crippen molar-refractivity contribution in [1.29, 1.82) is 0 Å². The van der Waals surface area contributed by atoms with E-state index in [4.69, 9.17) is 9.15 Å². The highest BCUT2D eigenvalue weighted by molar-refractivity contribution is 5.96. The first-order valence-electron chi connectivity index (χ1n) is 8.58. The van der Waals surface area contributed by atoms with Gasteiger partial charge in [0, 0.05) is 31.0 Å². The molecule has 3 aromatic rings. The number of carbonyl (C=O) groups excluding carboxylic acids is 1. The van der Waals surface area contributed by atoms with Crippen molar-refractivity contribution in [1.82, 2.24) is 10.3 Å². The molecule has 0 radical (unpaired) electrons. The van der Waals surface area contributed by atoms with E-state index in [1.807, 2.05) is 42.6 Å². The summed E-state index contributed by atoms with van der Waals surface area (Å²) in [5, 5.41) is 4.08. The number of nitrogens with one attached hydrogen (secondary N) is 1. The molecule has 5 nitrogen and oxygen atoms in total. The van der Waals surface area contributed by atoms with Gasteiger partial charge in [0.25, 0.3) is 5.91 Å². The lowest BCUT2D eigenvalue weighted by atomic mass is 9.87. The van der Waals surface area contributed by atoms with Crippen LogP contribution < -0.4 is 5.32 Å². The van der Waals surface area contributed by atoms with E-state index in [2.05, 4.69) is 10.3 Å². The molecule has 0 aliphatic carbocycles. The largest absolute Gasteiger partial charge is 0.451 e. The van der Waals surface area contributed by atoms with Gasteiger partial charge in [-0.05, 0) is 42.5 Å². The van der Waals surface area contributed by atoms with Gasteiger partial charge in [0.05, 0.1) is 6.04 Å². The average molecular weight is 336 g/mol. The van der Waals surface area contributed by atoms with Gasteiger partial charge >= 0.3 is 0 Å². The number of nitrogens with zero attached hydrogens (tertiary/aromatic N) is 1.